The van der Waals surface area contributed by atoms with Gasteiger partial charge >= 0.3 is 0 Å². The molecule has 1 aliphatic heterocycles. The third kappa shape index (κ3) is 1.83. The van der Waals surface area contributed by atoms with E-state index in [1.165, 1.54) is 0 Å². The molecule has 0 spiro atoms. The highest BCUT2D eigenvalue weighted by Crippen LogP contribution is 2.39. The lowest BCUT2D eigenvalue weighted by Gasteiger charge is -2.44. The van der Waals surface area contributed by atoms with Crippen LogP contribution in [0.25, 0.3) is 0 Å². The third-order valence-electron chi connectivity index (χ3n) is 4.24. The molecule has 0 aromatic heterocycles. The molecule has 2 N–H and O–H groups in total. The van der Waals surface area contributed by atoms with Crippen molar-refractivity contribution in [2.75, 3.05) is 13.6 Å². The van der Waals surface area contributed by atoms with Crippen molar-refractivity contribution in [3.8, 4) is 0 Å². The number of nitrogens with two attached hydrogens (primary N) is 1. The Labute approximate surface area is 109 Å². The number of aryl methyl sites for hydroxylation is 2. The number of amides is 1. The maximum atomic E-state index is 12.2. The van der Waals surface area contributed by atoms with E-state index in [-0.39, 0.29) is 5.91 Å². The molecule has 1 heterocycles. The normalized spacial score (nSPS) is 25.1. The quantitative estimate of drug-likeness (QED) is 0.868. The van der Waals surface area contributed by atoms with Crippen molar-refractivity contribution in [1.82, 2.24) is 4.90 Å². The molecular weight excluding hydrogens is 224 g/mol. The number of hydrogen-bond acceptors (Lipinski definition) is 2. The fraction of sp³-hybridized carbons (Fsp3) is 0.533. The van der Waals surface area contributed by atoms with Crippen LogP contribution >= 0.6 is 0 Å². The zero-order chi connectivity index (χ0) is 13.3. The summed E-state index contributed by atoms with van der Waals surface area (Å²) in [5.74, 6) is -0.220. The lowest BCUT2D eigenvalue weighted by Crippen LogP contribution is -2.56. The van der Waals surface area contributed by atoms with E-state index >= 15 is 0 Å². The second kappa shape index (κ2) is 4.73. The Hall–Kier alpha value is -1.35. The number of benzene rings is 1. The number of primary amides is 1. The standard InChI is InChI=1S/C15H22N2O/c1-11-7-6-8-12(2)13(11)15(14(16)18)9-4-5-10-17(15)3/h6-8H,4-5,9-10H2,1-3H3,(H2,16,18). The van der Waals surface area contributed by atoms with Gasteiger partial charge in [-0.25, -0.2) is 0 Å². The topological polar surface area (TPSA) is 46.3 Å². The predicted octanol–water partition coefficient (Wildman–Crippen LogP) is 2.10. The summed E-state index contributed by atoms with van der Waals surface area (Å²) in [5.41, 5.74) is 8.59. The molecule has 1 fully saturated rings. The summed E-state index contributed by atoms with van der Waals surface area (Å²) in [6.07, 6.45) is 3.02. The number of carbonyl (C=O) groups excluding carboxylic acids is 1. The highest BCUT2D eigenvalue weighted by molar-refractivity contribution is 5.87. The van der Waals surface area contributed by atoms with Crippen LogP contribution in [-0.2, 0) is 10.3 Å². The summed E-state index contributed by atoms with van der Waals surface area (Å²) in [6.45, 7) is 5.06. The van der Waals surface area contributed by atoms with Crippen molar-refractivity contribution in [3.63, 3.8) is 0 Å². The van der Waals surface area contributed by atoms with Gasteiger partial charge in [0.25, 0.3) is 0 Å². The van der Waals surface area contributed by atoms with Gasteiger partial charge in [0, 0.05) is 0 Å². The van der Waals surface area contributed by atoms with E-state index in [0.29, 0.717) is 0 Å². The monoisotopic (exact) mass is 246 g/mol. The van der Waals surface area contributed by atoms with Gasteiger partial charge < -0.3 is 5.73 Å². The van der Waals surface area contributed by atoms with Crippen LogP contribution < -0.4 is 5.73 Å². The van der Waals surface area contributed by atoms with Crippen LogP contribution in [0, 0.1) is 13.8 Å². The minimum absolute atomic E-state index is 0.220. The molecule has 1 aromatic rings. The van der Waals surface area contributed by atoms with Crippen molar-refractivity contribution in [2.24, 2.45) is 5.73 Å². The van der Waals surface area contributed by atoms with Crippen molar-refractivity contribution < 1.29 is 4.79 Å². The molecule has 18 heavy (non-hydrogen) atoms. The Bertz CT molecular complexity index is 449. The van der Waals surface area contributed by atoms with Gasteiger partial charge in [0.05, 0.1) is 0 Å². The highest BCUT2D eigenvalue weighted by Gasteiger charge is 2.45. The van der Waals surface area contributed by atoms with E-state index in [4.69, 9.17) is 5.73 Å². The first-order valence-corrected chi connectivity index (χ1v) is 6.58. The first-order chi connectivity index (χ1) is 8.50. The van der Waals surface area contributed by atoms with E-state index in [2.05, 4.69) is 30.9 Å². The number of carbonyl (C=O) groups is 1. The average molecular weight is 246 g/mol. The molecule has 98 valence electrons. The molecule has 1 unspecified atom stereocenters. The van der Waals surface area contributed by atoms with E-state index in [1.807, 2.05) is 13.1 Å². The third-order valence-corrected chi connectivity index (χ3v) is 4.24. The van der Waals surface area contributed by atoms with Crippen LogP contribution in [0.2, 0.25) is 0 Å². The maximum Gasteiger partial charge on any atom is 0.242 e. The summed E-state index contributed by atoms with van der Waals surface area (Å²) < 4.78 is 0. The van der Waals surface area contributed by atoms with Gasteiger partial charge in [0.1, 0.15) is 5.54 Å². The lowest BCUT2D eigenvalue weighted by molar-refractivity contribution is -0.132. The van der Waals surface area contributed by atoms with E-state index in [1.54, 1.807) is 0 Å². The predicted molar refractivity (Wildman–Crippen MR) is 73.3 cm³/mol. The van der Waals surface area contributed by atoms with Crippen molar-refractivity contribution in [1.29, 1.82) is 0 Å². The summed E-state index contributed by atoms with van der Waals surface area (Å²) in [4.78, 5) is 14.3. The Morgan fingerprint density at radius 1 is 1.28 bits per heavy atom. The molecule has 3 nitrogen and oxygen atoms in total. The maximum absolute atomic E-state index is 12.2. The second-order valence-electron chi connectivity index (χ2n) is 5.37. The zero-order valence-electron chi connectivity index (χ0n) is 11.5. The molecule has 1 saturated heterocycles. The smallest absolute Gasteiger partial charge is 0.242 e. The molecule has 0 bridgehead atoms. The number of piperidine rings is 1. The first kappa shape index (κ1) is 13.1. The summed E-state index contributed by atoms with van der Waals surface area (Å²) >= 11 is 0. The summed E-state index contributed by atoms with van der Waals surface area (Å²) in [5, 5.41) is 0. The van der Waals surface area contributed by atoms with E-state index < -0.39 is 5.54 Å². The van der Waals surface area contributed by atoms with Gasteiger partial charge in [-0.05, 0) is 63.4 Å². The van der Waals surface area contributed by atoms with Crippen molar-refractivity contribution in [3.05, 3.63) is 34.9 Å². The van der Waals surface area contributed by atoms with Crippen LogP contribution in [0.1, 0.15) is 36.0 Å². The Morgan fingerprint density at radius 2 is 1.89 bits per heavy atom. The average Bonchev–Trinajstić information content (AvgIpc) is 2.31. The van der Waals surface area contributed by atoms with E-state index in [0.717, 1.165) is 42.5 Å². The number of likely N-dealkylation sites (N-methyl/N-ethyl adjacent to an activating group) is 1. The minimum atomic E-state index is -0.617. The van der Waals surface area contributed by atoms with Gasteiger partial charge in [0.2, 0.25) is 5.91 Å². The summed E-state index contributed by atoms with van der Waals surface area (Å²) in [7, 11) is 2.01. The number of likely N-dealkylation sites (tertiary alicyclic amines) is 1. The van der Waals surface area contributed by atoms with Gasteiger partial charge in [-0.1, -0.05) is 18.2 Å². The zero-order valence-corrected chi connectivity index (χ0v) is 11.5. The summed E-state index contributed by atoms with van der Waals surface area (Å²) in [6, 6.07) is 6.16. The number of hydrogen-bond donors (Lipinski definition) is 1. The second-order valence-corrected chi connectivity index (χ2v) is 5.37. The van der Waals surface area contributed by atoms with Crippen LogP contribution in [0.15, 0.2) is 18.2 Å². The Morgan fingerprint density at radius 3 is 2.39 bits per heavy atom. The van der Waals surface area contributed by atoms with Crippen molar-refractivity contribution >= 4 is 5.91 Å². The Balaban J connectivity index is 2.64. The number of rotatable bonds is 2. The molecule has 0 radical (unpaired) electrons. The lowest BCUT2D eigenvalue weighted by atomic mass is 9.76. The van der Waals surface area contributed by atoms with Crippen LogP contribution in [-0.4, -0.2) is 24.4 Å². The molecule has 1 aromatic carbocycles. The number of nitrogens with zero attached hydrogens (tertiary/aromatic N) is 1. The van der Waals surface area contributed by atoms with Gasteiger partial charge in [-0.15, -0.1) is 0 Å². The first-order valence-electron chi connectivity index (χ1n) is 6.58. The van der Waals surface area contributed by atoms with Gasteiger partial charge in [-0.2, -0.15) is 0 Å². The van der Waals surface area contributed by atoms with Gasteiger partial charge in [-0.3, -0.25) is 9.69 Å². The fourth-order valence-electron chi connectivity index (χ4n) is 3.33. The van der Waals surface area contributed by atoms with E-state index in [9.17, 15) is 4.79 Å². The molecule has 0 aliphatic carbocycles. The minimum Gasteiger partial charge on any atom is -0.368 e. The molecule has 0 saturated carbocycles. The van der Waals surface area contributed by atoms with Crippen LogP contribution in [0.5, 0.6) is 0 Å². The SMILES string of the molecule is Cc1cccc(C)c1C1(C(N)=O)CCCCN1C. The molecular formula is C15H22N2O. The molecule has 1 aliphatic rings. The highest BCUT2D eigenvalue weighted by atomic mass is 16.1. The van der Waals surface area contributed by atoms with Crippen molar-refractivity contribution in [2.45, 2.75) is 38.6 Å². The molecule has 3 heteroatoms. The largest absolute Gasteiger partial charge is 0.368 e. The molecule has 1 atom stereocenters. The molecule has 2 rings (SSSR count). The fourth-order valence-corrected chi connectivity index (χ4v) is 3.33. The molecule has 1 amide bonds. The van der Waals surface area contributed by atoms with Crippen LogP contribution in [0.4, 0.5) is 0 Å². The Kier molecular flexibility index (Phi) is 3.44. The van der Waals surface area contributed by atoms with Crippen LogP contribution in [0.3, 0.4) is 0 Å². The van der Waals surface area contributed by atoms with Gasteiger partial charge in [0.15, 0.2) is 0 Å².